The van der Waals surface area contributed by atoms with E-state index in [1.54, 1.807) is 12.5 Å². The smallest absolute Gasteiger partial charge is 0.201 e. The van der Waals surface area contributed by atoms with Crippen molar-refractivity contribution in [1.82, 2.24) is 19.1 Å². The molecule has 0 atom stereocenters. The number of anilines is 1. The summed E-state index contributed by atoms with van der Waals surface area (Å²) in [6, 6.07) is 5.99. The molecule has 1 aromatic carbocycles. The Morgan fingerprint density at radius 2 is 2.17 bits per heavy atom. The molecular formula is C12H12BrN5. The monoisotopic (exact) mass is 305 g/mol. The molecule has 0 bridgehead atoms. The third kappa shape index (κ3) is 1.99. The standard InChI is InChI=1S/C12H12BrN5/c13-9-1-2-11-10(7-9)16-12(14)18(11)6-5-17-4-3-15-8-17/h1-4,7-8H,5-6H2,(H2,14,16). The minimum absolute atomic E-state index is 0.545. The predicted octanol–water partition coefficient (Wildman–Crippen LogP) is 2.28. The Morgan fingerprint density at radius 3 is 2.94 bits per heavy atom. The highest BCUT2D eigenvalue weighted by molar-refractivity contribution is 9.10. The molecule has 5 nitrogen and oxygen atoms in total. The number of nitrogen functional groups attached to an aromatic ring is 1. The Balaban J connectivity index is 1.93. The third-order valence-electron chi connectivity index (χ3n) is 2.88. The van der Waals surface area contributed by atoms with Crippen LogP contribution in [-0.2, 0) is 13.1 Å². The Bertz CT molecular complexity index is 671. The summed E-state index contributed by atoms with van der Waals surface area (Å²) in [7, 11) is 0. The van der Waals surface area contributed by atoms with E-state index in [1.165, 1.54) is 0 Å². The van der Waals surface area contributed by atoms with Crippen LogP contribution in [0.5, 0.6) is 0 Å². The lowest BCUT2D eigenvalue weighted by atomic mass is 10.3. The first-order valence-corrected chi connectivity index (χ1v) is 6.40. The molecule has 2 heterocycles. The van der Waals surface area contributed by atoms with Gasteiger partial charge >= 0.3 is 0 Å². The number of fused-ring (bicyclic) bond motifs is 1. The lowest BCUT2D eigenvalue weighted by Gasteiger charge is -2.06. The highest BCUT2D eigenvalue weighted by atomic mass is 79.9. The molecule has 0 aliphatic rings. The summed E-state index contributed by atoms with van der Waals surface area (Å²) in [5.41, 5.74) is 7.92. The summed E-state index contributed by atoms with van der Waals surface area (Å²) in [5.74, 6) is 0.545. The van der Waals surface area contributed by atoms with E-state index in [-0.39, 0.29) is 0 Å². The minimum Gasteiger partial charge on any atom is -0.369 e. The van der Waals surface area contributed by atoms with Crippen molar-refractivity contribution in [1.29, 1.82) is 0 Å². The SMILES string of the molecule is Nc1nc2cc(Br)ccc2n1CCn1ccnc1. The molecule has 3 aromatic rings. The van der Waals surface area contributed by atoms with Crippen LogP contribution in [-0.4, -0.2) is 19.1 Å². The molecule has 0 fully saturated rings. The Hall–Kier alpha value is -1.82. The number of hydrogen-bond donors (Lipinski definition) is 1. The largest absolute Gasteiger partial charge is 0.369 e. The first kappa shape index (κ1) is 11.3. The molecule has 2 aromatic heterocycles. The number of aromatic nitrogens is 4. The van der Waals surface area contributed by atoms with E-state index in [0.29, 0.717) is 5.95 Å². The summed E-state index contributed by atoms with van der Waals surface area (Å²) in [5, 5.41) is 0. The maximum atomic E-state index is 5.95. The number of benzene rings is 1. The van der Waals surface area contributed by atoms with Crippen LogP contribution in [0.4, 0.5) is 5.95 Å². The normalized spacial score (nSPS) is 11.2. The third-order valence-corrected chi connectivity index (χ3v) is 3.37. The van der Waals surface area contributed by atoms with Gasteiger partial charge in [-0.1, -0.05) is 15.9 Å². The van der Waals surface area contributed by atoms with E-state index >= 15 is 0 Å². The van der Waals surface area contributed by atoms with Gasteiger partial charge in [-0.25, -0.2) is 9.97 Å². The summed E-state index contributed by atoms with van der Waals surface area (Å²) >= 11 is 3.43. The lowest BCUT2D eigenvalue weighted by molar-refractivity contribution is 0.594. The molecular weight excluding hydrogens is 294 g/mol. The Morgan fingerprint density at radius 1 is 1.28 bits per heavy atom. The van der Waals surface area contributed by atoms with Crippen LogP contribution < -0.4 is 5.73 Å². The molecule has 2 N–H and O–H groups in total. The van der Waals surface area contributed by atoms with Crippen LogP contribution in [0.3, 0.4) is 0 Å². The molecule has 0 aliphatic carbocycles. The van der Waals surface area contributed by atoms with Crippen molar-refractivity contribution < 1.29 is 0 Å². The van der Waals surface area contributed by atoms with E-state index in [0.717, 1.165) is 28.6 Å². The van der Waals surface area contributed by atoms with E-state index < -0.39 is 0 Å². The number of nitrogens with zero attached hydrogens (tertiary/aromatic N) is 4. The van der Waals surface area contributed by atoms with Gasteiger partial charge in [0.15, 0.2) is 0 Å². The summed E-state index contributed by atoms with van der Waals surface area (Å²) in [4.78, 5) is 8.38. The van der Waals surface area contributed by atoms with Crippen LogP contribution in [0.1, 0.15) is 0 Å². The van der Waals surface area contributed by atoms with Crippen molar-refractivity contribution in [3.8, 4) is 0 Å². The fourth-order valence-electron chi connectivity index (χ4n) is 1.99. The number of halogens is 1. The van der Waals surface area contributed by atoms with Crippen molar-refractivity contribution >= 4 is 32.9 Å². The summed E-state index contributed by atoms with van der Waals surface area (Å²) < 4.78 is 5.04. The van der Waals surface area contributed by atoms with E-state index in [2.05, 4.69) is 25.9 Å². The number of imidazole rings is 2. The number of rotatable bonds is 3. The minimum atomic E-state index is 0.545. The van der Waals surface area contributed by atoms with Gasteiger partial charge in [0.05, 0.1) is 17.4 Å². The molecule has 0 saturated carbocycles. The molecule has 0 aliphatic heterocycles. The second-order valence-corrected chi connectivity index (χ2v) is 4.97. The zero-order chi connectivity index (χ0) is 12.5. The lowest BCUT2D eigenvalue weighted by Crippen LogP contribution is -2.08. The van der Waals surface area contributed by atoms with Crippen LogP contribution in [0, 0.1) is 0 Å². The fourth-order valence-corrected chi connectivity index (χ4v) is 2.34. The number of aryl methyl sites for hydroxylation is 2. The second-order valence-electron chi connectivity index (χ2n) is 4.06. The molecule has 0 amide bonds. The van der Waals surface area contributed by atoms with Gasteiger partial charge in [-0.15, -0.1) is 0 Å². The summed E-state index contributed by atoms with van der Waals surface area (Å²) in [6.45, 7) is 1.60. The van der Waals surface area contributed by atoms with E-state index in [1.807, 2.05) is 33.5 Å². The molecule has 0 spiro atoms. The van der Waals surface area contributed by atoms with Crippen molar-refractivity contribution in [2.75, 3.05) is 5.73 Å². The van der Waals surface area contributed by atoms with E-state index in [9.17, 15) is 0 Å². The van der Waals surface area contributed by atoms with Gasteiger partial charge in [-0.05, 0) is 18.2 Å². The quantitative estimate of drug-likeness (QED) is 0.807. The van der Waals surface area contributed by atoms with Crippen LogP contribution in [0.2, 0.25) is 0 Å². The molecule has 0 saturated heterocycles. The molecule has 6 heteroatoms. The Labute approximate surface area is 112 Å². The average Bonchev–Trinajstić information content (AvgIpc) is 2.93. The van der Waals surface area contributed by atoms with Crippen molar-refractivity contribution in [3.05, 3.63) is 41.4 Å². The fraction of sp³-hybridized carbons (Fsp3) is 0.167. The maximum absolute atomic E-state index is 5.95. The number of nitrogens with two attached hydrogens (primary N) is 1. The number of hydrogen-bond acceptors (Lipinski definition) is 3. The maximum Gasteiger partial charge on any atom is 0.201 e. The molecule has 0 radical (unpaired) electrons. The van der Waals surface area contributed by atoms with Gasteiger partial charge in [0.2, 0.25) is 5.95 Å². The average molecular weight is 306 g/mol. The first-order valence-electron chi connectivity index (χ1n) is 5.61. The van der Waals surface area contributed by atoms with Crippen molar-refractivity contribution in [2.45, 2.75) is 13.1 Å². The second kappa shape index (κ2) is 4.45. The molecule has 92 valence electrons. The first-order chi connectivity index (χ1) is 8.74. The van der Waals surface area contributed by atoms with Gasteiger partial charge in [0.1, 0.15) is 0 Å². The molecule has 3 rings (SSSR count). The highest BCUT2D eigenvalue weighted by Crippen LogP contribution is 2.21. The van der Waals surface area contributed by atoms with Crippen LogP contribution >= 0.6 is 15.9 Å². The molecule has 0 unspecified atom stereocenters. The van der Waals surface area contributed by atoms with Crippen LogP contribution in [0.15, 0.2) is 41.4 Å². The van der Waals surface area contributed by atoms with Gasteiger partial charge in [-0.3, -0.25) is 0 Å². The topological polar surface area (TPSA) is 61.7 Å². The zero-order valence-electron chi connectivity index (χ0n) is 9.62. The van der Waals surface area contributed by atoms with Gasteiger partial charge in [0, 0.05) is 30.0 Å². The zero-order valence-corrected chi connectivity index (χ0v) is 11.2. The summed E-state index contributed by atoms with van der Waals surface area (Å²) in [6.07, 6.45) is 5.50. The van der Waals surface area contributed by atoms with Gasteiger partial charge in [-0.2, -0.15) is 0 Å². The van der Waals surface area contributed by atoms with Crippen molar-refractivity contribution in [2.24, 2.45) is 0 Å². The van der Waals surface area contributed by atoms with Gasteiger partial charge in [0.25, 0.3) is 0 Å². The highest BCUT2D eigenvalue weighted by Gasteiger charge is 2.08. The van der Waals surface area contributed by atoms with Gasteiger partial charge < -0.3 is 14.9 Å². The van der Waals surface area contributed by atoms with Crippen LogP contribution in [0.25, 0.3) is 11.0 Å². The Kier molecular flexibility index (Phi) is 2.79. The van der Waals surface area contributed by atoms with Crippen molar-refractivity contribution in [3.63, 3.8) is 0 Å². The molecule has 18 heavy (non-hydrogen) atoms. The predicted molar refractivity (Wildman–Crippen MR) is 74.1 cm³/mol. The van der Waals surface area contributed by atoms with E-state index in [4.69, 9.17) is 5.73 Å².